The summed E-state index contributed by atoms with van der Waals surface area (Å²) in [7, 11) is 0. The fourth-order valence-electron chi connectivity index (χ4n) is 3.41. The van der Waals surface area contributed by atoms with Gasteiger partial charge in [-0.2, -0.15) is 0 Å². The summed E-state index contributed by atoms with van der Waals surface area (Å²) >= 11 is 7.47. The second-order valence-corrected chi connectivity index (χ2v) is 8.34. The van der Waals surface area contributed by atoms with Crippen molar-refractivity contribution in [1.29, 1.82) is 0 Å². The van der Waals surface area contributed by atoms with E-state index in [1.165, 1.54) is 15.9 Å². The molecular weight excluding hydrogens is 418 g/mol. The summed E-state index contributed by atoms with van der Waals surface area (Å²) < 4.78 is 7.38. The number of hydrogen-bond donors (Lipinski definition) is 0. The first-order chi connectivity index (χ1) is 14.6. The molecule has 5 nitrogen and oxygen atoms in total. The molecule has 0 aliphatic carbocycles. The quantitative estimate of drug-likeness (QED) is 0.360. The first kappa shape index (κ1) is 18.8. The summed E-state index contributed by atoms with van der Waals surface area (Å²) in [6.45, 7) is 2.18. The van der Waals surface area contributed by atoms with E-state index in [-0.39, 0.29) is 12.1 Å². The number of aryl methyl sites for hydroxylation is 1. The van der Waals surface area contributed by atoms with Crippen LogP contribution in [0.2, 0.25) is 5.02 Å². The zero-order valence-electron chi connectivity index (χ0n) is 16.0. The van der Waals surface area contributed by atoms with E-state index in [0.717, 1.165) is 26.4 Å². The maximum Gasteiger partial charge on any atom is 0.262 e. The summed E-state index contributed by atoms with van der Waals surface area (Å²) in [5.74, 6) is 1.07. The molecule has 0 N–H and O–H groups in total. The van der Waals surface area contributed by atoms with Gasteiger partial charge in [-0.05, 0) is 42.3 Å². The monoisotopic (exact) mass is 433 g/mol. The van der Waals surface area contributed by atoms with Crippen molar-refractivity contribution in [3.8, 4) is 21.8 Å². The van der Waals surface area contributed by atoms with Crippen LogP contribution in [0.1, 0.15) is 11.5 Å². The standard InChI is InChI=1S/C23H16ClN3O2S/c1-14-20-22(30-21(14)16-5-3-2-4-6-16)26-13-27(23(20)28)12-19-25-11-18(29-19)15-7-9-17(24)10-8-15/h2-11,13H,12H2,1H3. The zero-order valence-corrected chi connectivity index (χ0v) is 17.6. The van der Waals surface area contributed by atoms with Crippen LogP contribution in [0.15, 0.2) is 76.3 Å². The van der Waals surface area contributed by atoms with Gasteiger partial charge in [0, 0.05) is 15.5 Å². The molecule has 0 radical (unpaired) electrons. The normalized spacial score (nSPS) is 11.3. The van der Waals surface area contributed by atoms with Crippen LogP contribution < -0.4 is 5.56 Å². The molecule has 0 spiro atoms. The van der Waals surface area contributed by atoms with Gasteiger partial charge in [-0.3, -0.25) is 9.36 Å². The van der Waals surface area contributed by atoms with Crippen molar-refractivity contribution < 1.29 is 4.42 Å². The maximum atomic E-state index is 13.2. The van der Waals surface area contributed by atoms with E-state index in [0.29, 0.717) is 22.1 Å². The van der Waals surface area contributed by atoms with E-state index < -0.39 is 0 Å². The molecule has 0 saturated heterocycles. The lowest BCUT2D eigenvalue weighted by Crippen LogP contribution is -2.21. The largest absolute Gasteiger partial charge is 0.439 e. The van der Waals surface area contributed by atoms with E-state index in [9.17, 15) is 4.79 Å². The minimum atomic E-state index is -0.0952. The highest BCUT2D eigenvalue weighted by atomic mass is 35.5. The van der Waals surface area contributed by atoms with Gasteiger partial charge in [0.1, 0.15) is 11.4 Å². The minimum Gasteiger partial charge on any atom is -0.439 e. The van der Waals surface area contributed by atoms with E-state index >= 15 is 0 Å². The fourth-order valence-corrected chi connectivity index (χ4v) is 4.68. The molecule has 5 aromatic rings. The molecule has 0 atom stereocenters. The van der Waals surface area contributed by atoms with Gasteiger partial charge in [0.05, 0.1) is 17.9 Å². The zero-order chi connectivity index (χ0) is 20.7. The Hall–Kier alpha value is -3.22. The van der Waals surface area contributed by atoms with Crippen molar-refractivity contribution >= 4 is 33.2 Å². The Morgan fingerprint density at radius 1 is 1.03 bits per heavy atom. The lowest BCUT2D eigenvalue weighted by Gasteiger charge is -2.03. The number of benzene rings is 2. The fraction of sp³-hybridized carbons (Fsp3) is 0.0870. The van der Waals surface area contributed by atoms with E-state index in [1.54, 1.807) is 24.7 Å². The molecule has 0 saturated carbocycles. The first-order valence-corrected chi connectivity index (χ1v) is 10.5. The molecule has 0 amide bonds. The predicted molar refractivity (Wildman–Crippen MR) is 120 cm³/mol. The summed E-state index contributed by atoms with van der Waals surface area (Å²) in [6.07, 6.45) is 3.21. The van der Waals surface area contributed by atoms with Crippen LogP contribution in [0.25, 0.3) is 32.0 Å². The Kier molecular flexibility index (Phi) is 4.73. The van der Waals surface area contributed by atoms with Crippen LogP contribution in [-0.2, 0) is 6.54 Å². The highest BCUT2D eigenvalue weighted by molar-refractivity contribution is 7.22. The maximum absolute atomic E-state index is 13.2. The molecule has 148 valence electrons. The Bertz CT molecular complexity index is 1400. The highest BCUT2D eigenvalue weighted by Crippen LogP contribution is 2.35. The molecule has 0 aliphatic heterocycles. The summed E-state index contributed by atoms with van der Waals surface area (Å²) in [5, 5.41) is 1.30. The Morgan fingerprint density at radius 2 is 1.80 bits per heavy atom. The number of oxazole rings is 1. The molecule has 0 unspecified atom stereocenters. The molecule has 0 aliphatic rings. The third-order valence-corrected chi connectivity index (χ3v) is 6.44. The number of aromatic nitrogens is 3. The van der Waals surface area contributed by atoms with Gasteiger partial charge < -0.3 is 4.42 Å². The number of thiophene rings is 1. The summed E-state index contributed by atoms with van der Waals surface area (Å²) in [4.78, 5) is 23.8. The molecule has 2 aromatic carbocycles. The van der Waals surface area contributed by atoms with Crippen molar-refractivity contribution in [1.82, 2.24) is 14.5 Å². The Labute approximate surface area is 181 Å². The second-order valence-electron chi connectivity index (χ2n) is 6.91. The lowest BCUT2D eigenvalue weighted by molar-refractivity contribution is 0.484. The van der Waals surface area contributed by atoms with Gasteiger partial charge in [-0.25, -0.2) is 9.97 Å². The van der Waals surface area contributed by atoms with Crippen LogP contribution in [0.3, 0.4) is 0 Å². The van der Waals surface area contributed by atoms with Gasteiger partial charge >= 0.3 is 0 Å². The van der Waals surface area contributed by atoms with Crippen LogP contribution in [0.4, 0.5) is 0 Å². The summed E-state index contributed by atoms with van der Waals surface area (Å²) in [5.41, 5.74) is 2.81. The Morgan fingerprint density at radius 3 is 2.57 bits per heavy atom. The highest BCUT2D eigenvalue weighted by Gasteiger charge is 2.16. The van der Waals surface area contributed by atoms with Gasteiger partial charge in [-0.15, -0.1) is 11.3 Å². The second kappa shape index (κ2) is 7.55. The average Bonchev–Trinajstić information content (AvgIpc) is 3.36. The van der Waals surface area contributed by atoms with Crippen LogP contribution in [-0.4, -0.2) is 14.5 Å². The number of fused-ring (bicyclic) bond motifs is 1. The average molecular weight is 434 g/mol. The molecule has 3 aromatic heterocycles. The van der Waals surface area contributed by atoms with Gasteiger partial charge in [0.15, 0.2) is 5.76 Å². The SMILES string of the molecule is Cc1c(-c2ccccc2)sc2ncn(Cc3ncc(-c4ccc(Cl)cc4)o3)c(=O)c12. The smallest absolute Gasteiger partial charge is 0.262 e. The molecule has 0 fully saturated rings. The molecule has 3 heterocycles. The first-order valence-electron chi connectivity index (χ1n) is 9.35. The van der Waals surface area contributed by atoms with Crippen molar-refractivity contribution in [3.63, 3.8) is 0 Å². The van der Waals surface area contributed by atoms with Gasteiger partial charge in [0.25, 0.3) is 5.56 Å². The number of rotatable bonds is 4. The third-order valence-electron chi connectivity index (χ3n) is 4.94. The van der Waals surface area contributed by atoms with Crippen molar-refractivity contribution in [2.24, 2.45) is 0 Å². The van der Waals surface area contributed by atoms with Crippen LogP contribution in [0.5, 0.6) is 0 Å². The predicted octanol–water partition coefficient (Wildman–Crippen LogP) is 5.79. The van der Waals surface area contributed by atoms with E-state index in [1.807, 2.05) is 49.4 Å². The molecule has 5 rings (SSSR count). The van der Waals surface area contributed by atoms with Crippen LogP contribution >= 0.6 is 22.9 Å². The van der Waals surface area contributed by atoms with Crippen molar-refractivity contribution in [2.45, 2.75) is 13.5 Å². The van der Waals surface area contributed by atoms with Gasteiger partial charge in [-0.1, -0.05) is 41.9 Å². The third kappa shape index (κ3) is 3.34. The molecule has 7 heteroatoms. The van der Waals surface area contributed by atoms with Crippen LogP contribution in [0, 0.1) is 6.92 Å². The number of nitrogens with zero attached hydrogens (tertiary/aromatic N) is 3. The van der Waals surface area contributed by atoms with E-state index in [4.69, 9.17) is 16.0 Å². The Balaban J connectivity index is 1.50. The minimum absolute atomic E-state index is 0.0952. The summed E-state index contributed by atoms with van der Waals surface area (Å²) in [6, 6.07) is 17.4. The molecule has 0 bridgehead atoms. The van der Waals surface area contributed by atoms with Gasteiger partial charge in [0.2, 0.25) is 5.89 Å². The molecular formula is C23H16ClN3O2S. The van der Waals surface area contributed by atoms with Crippen molar-refractivity contribution in [2.75, 3.05) is 0 Å². The number of hydrogen-bond acceptors (Lipinski definition) is 5. The molecule has 30 heavy (non-hydrogen) atoms. The number of halogens is 1. The van der Waals surface area contributed by atoms with E-state index in [2.05, 4.69) is 9.97 Å². The lowest BCUT2D eigenvalue weighted by atomic mass is 10.1. The topological polar surface area (TPSA) is 60.9 Å². The van der Waals surface area contributed by atoms with Crippen molar-refractivity contribution in [3.05, 3.63) is 94.0 Å².